The normalized spacial score (nSPS) is 14.5. The van der Waals surface area contributed by atoms with Gasteiger partial charge in [-0.15, -0.1) is 0 Å². The summed E-state index contributed by atoms with van der Waals surface area (Å²) in [6, 6.07) is 10.8. The molecule has 0 spiro atoms. The van der Waals surface area contributed by atoms with E-state index in [4.69, 9.17) is 0 Å². The molecule has 15 heavy (non-hydrogen) atoms. The molecular formula is C12H19Br2P. The van der Waals surface area contributed by atoms with Crippen molar-refractivity contribution in [3.63, 3.8) is 0 Å². The van der Waals surface area contributed by atoms with E-state index in [0.29, 0.717) is 0 Å². The standard InChI is InChI=1S/C12H19Br2P/c1-3-10-15(13,14,11-4-2)12-8-6-5-7-9-12/h5-9H,3-4,10-11H2,1-2H3. The van der Waals surface area contributed by atoms with Gasteiger partial charge in [0.05, 0.1) is 0 Å². The molecule has 1 aromatic rings. The zero-order chi connectivity index (χ0) is 11.4. The molecule has 86 valence electrons. The molecule has 1 rings (SSSR count). The van der Waals surface area contributed by atoms with Gasteiger partial charge in [0.15, 0.2) is 0 Å². The SMILES string of the molecule is CCCP(Br)(Br)(CCC)c1ccccc1. The van der Waals surface area contributed by atoms with Crippen LogP contribution in [0.3, 0.4) is 0 Å². The molecule has 0 N–H and O–H groups in total. The molecule has 0 fully saturated rings. The van der Waals surface area contributed by atoms with Crippen molar-refractivity contribution < 1.29 is 0 Å². The van der Waals surface area contributed by atoms with Gasteiger partial charge in [-0.2, -0.15) is 0 Å². The molecule has 3 heteroatoms. The first-order valence-electron chi connectivity index (χ1n) is 5.52. The van der Waals surface area contributed by atoms with Gasteiger partial charge in [0.1, 0.15) is 0 Å². The van der Waals surface area contributed by atoms with E-state index < -0.39 is 4.01 Å². The molecular weight excluding hydrogens is 335 g/mol. The molecule has 0 heterocycles. The van der Waals surface area contributed by atoms with Crippen LogP contribution in [0.15, 0.2) is 30.3 Å². The molecule has 0 saturated carbocycles. The predicted octanol–water partition coefficient (Wildman–Crippen LogP) is 5.31. The zero-order valence-corrected chi connectivity index (χ0v) is 13.5. The van der Waals surface area contributed by atoms with Gasteiger partial charge in [-0.1, -0.05) is 0 Å². The van der Waals surface area contributed by atoms with E-state index in [2.05, 4.69) is 75.2 Å². The summed E-state index contributed by atoms with van der Waals surface area (Å²) in [5, 5.41) is 1.45. The second-order valence-electron chi connectivity index (χ2n) is 4.03. The van der Waals surface area contributed by atoms with Gasteiger partial charge in [-0.25, -0.2) is 0 Å². The predicted molar refractivity (Wildman–Crippen MR) is 81.2 cm³/mol. The van der Waals surface area contributed by atoms with Crippen LogP contribution >= 0.6 is 35.0 Å². The Bertz CT molecular complexity index is 299. The molecule has 0 aliphatic carbocycles. The van der Waals surface area contributed by atoms with Gasteiger partial charge in [0.2, 0.25) is 0 Å². The Labute approximate surface area is 109 Å². The van der Waals surface area contributed by atoms with Crippen LogP contribution in [0.2, 0.25) is 0 Å². The van der Waals surface area contributed by atoms with E-state index in [1.807, 2.05) is 0 Å². The molecule has 1 aromatic carbocycles. The molecule has 0 aromatic heterocycles. The maximum atomic E-state index is 4.07. The summed E-state index contributed by atoms with van der Waals surface area (Å²) in [7, 11) is 0. The summed E-state index contributed by atoms with van der Waals surface area (Å²) in [6.45, 7) is 4.50. The third-order valence-corrected chi connectivity index (χ3v) is 13.4. The molecule has 0 aliphatic rings. The van der Waals surface area contributed by atoms with E-state index in [1.54, 1.807) is 0 Å². The summed E-state index contributed by atoms with van der Waals surface area (Å²) in [5.41, 5.74) is 0. The van der Waals surface area contributed by atoms with Gasteiger partial charge in [0.25, 0.3) is 0 Å². The van der Waals surface area contributed by atoms with E-state index in [0.717, 1.165) is 0 Å². The fraction of sp³-hybridized carbons (Fsp3) is 0.500. The maximum absolute atomic E-state index is 4.07. The van der Waals surface area contributed by atoms with Crippen LogP contribution in [0.4, 0.5) is 0 Å². The van der Waals surface area contributed by atoms with E-state index in [1.165, 1.54) is 30.5 Å². The second-order valence-corrected chi connectivity index (χ2v) is 21.1. The first-order valence-corrected chi connectivity index (χ1v) is 12.2. The molecule has 0 amide bonds. The molecule has 0 atom stereocenters. The molecule has 0 bridgehead atoms. The summed E-state index contributed by atoms with van der Waals surface area (Å²) in [5.74, 6) is 0. The third kappa shape index (κ3) is 3.28. The Balaban J connectivity index is 3.11. The second kappa shape index (κ2) is 5.29. The summed E-state index contributed by atoms with van der Waals surface area (Å²) >= 11 is 8.13. The van der Waals surface area contributed by atoms with Gasteiger partial charge >= 0.3 is 110 Å². The van der Waals surface area contributed by atoms with Gasteiger partial charge in [-0.05, 0) is 0 Å². The summed E-state index contributed by atoms with van der Waals surface area (Å²) in [6.07, 6.45) is 4.87. The fourth-order valence-corrected chi connectivity index (χ4v) is 11.0. The van der Waals surface area contributed by atoms with Crippen molar-refractivity contribution in [1.82, 2.24) is 0 Å². The molecule has 0 nitrogen and oxygen atoms in total. The van der Waals surface area contributed by atoms with E-state index >= 15 is 0 Å². The fourth-order valence-electron chi connectivity index (χ4n) is 2.00. The van der Waals surface area contributed by atoms with Gasteiger partial charge in [0, 0.05) is 0 Å². The van der Waals surface area contributed by atoms with Crippen molar-refractivity contribution in [1.29, 1.82) is 0 Å². The van der Waals surface area contributed by atoms with Crippen molar-refractivity contribution >= 4 is 40.3 Å². The monoisotopic (exact) mass is 352 g/mol. The van der Waals surface area contributed by atoms with Crippen LogP contribution in [0.1, 0.15) is 26.7 Å². The average Bonchev–Trinajstić information content (AvgIpc) is 2.19. The van der Waals surface area contributed by atoms with Crippen molar-refractivity contribution in [3.05, 3.63) is 30.3 Å². The number of rotatable bonds is 5. The Morgan fingerprint density at radius 3 is 1.80 bits per heavy atom. The Morgan fingerprint density at radius 1 is 0.933 bits per heavy atom. The average molecular weight is 354 g/mol. The van der Waals surface area contributed by atoms with Gasteiger partial charge < -0.3 is 0 Å². The Morgan fingerprint density at radius 2 is 1.40 bits per heavy atom. The van der Waals surface area contributed by atoms with Crippen LogP contribution in [-0.2, 0) is 0 Å². The minimum atomic E-state index is -1.98. The van der Waals surface area contributed by atoms with Crippen LogP contribution in [0.25, 0.3) is 0 Å². The minimum absolute atomic E-state index is 1.21. The van der Waals surface area contributed by atoms with Crippen molar-refractivity contribution in [2.24, 2.45) is 0 Å². The van der Waals surface area contributed by atoms with Gasteiger partial charge in [-0.3, -0.25) is 0 Å². The molecule has 0 radical (unpaired) electrons. The van der Waals surface area contributed by atoms with E-state index in [-0.39, 0.29) is 0 Å². The number of halogens is 2. The van der Waals surface area contributed by atoms with Crippen LogP contribution < -0.4 is 5.30 Å². The molecule has 0 unspecified atom stereocenters. The van der Waals surface area contributed by atoms with Crippen molar-refractivity contribution in [2.45, 2.75) is 26.7 Å². The number of benzene rings is 1. The molecule has 0 saturated heterocycles. The topological polar surface area (TPSA) is 0 Å². The van der Waals surface area contributed by atoms with E-state index in [9.17, 15) is 0 Å². The number of hydrogen-bond donors (Lipinski definition) is 0. The van der Waals surface area contributed by atoms with Crippen LogP contribution in [0, 0.1) is 0 Å². The zero-order valence-electron chi connectivity index (χ0n) is 9.42. The van der Waals surface area contributed by atoms with Crippen molar-refractivity contribution in [3.8, 4) is 0 Å². The number of hydrogen-bond acceptors (Lipinski definition) is 0. The summed E-state index contributed by atoms with van der Waals surface area (Å²) in [4.78, 5) is 0. The summed E-state index contributed by atoms with van der Waals surface area (Å²) < 4.78 is -1.98. The quantitative estimate of drug-likeness (QED) is 0.629. The Kier molecular flexibility index (Phi) is 4.83. The first-order chi connectivity index (χ1) is 7.02. The molecule has 0 aliphatic heterocycles. The first kappa shape index (κ1) is 13.7. The van der Waals surface area contributed by atoms with Crippen LogP contribution in [0.5, 0.6) is 0 Å². The third-order valence-electron chi connectivity index (χ3n) is 2.64. The van der Waals surface area contributed by atoms with Crippen molar-refractivity contribution in [2.75, 3.05) is 12.3 Å². The van der Waals surface area contributed by atoms with Crippen LogP contribution in [-0.4, -0.2) is 12.3 Å². The Hall–Kier alpha value is 0.610.